The lowest BCUT2D eigenvalue weighted by Crippen LogP contribution is -2.11. The first-order valence-corrected chi connectivity index (χ1v) is 7.64. The first kappa shape index (κ1) is 11.4. The van der Waals surface area contributed by atoms with Gasteiger partial charge in [-0.3, -0.25) is 0 Å². The average Bonchev–Trinajstić information content (AvgIpc) is 2.17. The Morgan fingerprint density at radius 3 is 2.57 bits per heavy atom. The third-order valence-corrected chi connectivity index (χ3v) is 4.48. The molecule has 0 aliphatic heterocycles. The van der Waals surface area contributed by atoms with E-state index in [4.69, 9.17) is 0 Å². The molecule has 0 fully saturated rings. The van der Waals surface area contributed by atoms with E-state index in [9.17, 15) is 0 Å². The summed E-state index contributed by atoms with van der Waals surface area (Å²) in [6, 6.07) is 6.18. The molecule has 0 saturated heterocycles. The van der Waals surface area contributed by atoms with Crippen LogP contribution in [0.1, 0.15) is 19.5 Å². The van der Waals surface area contributed by atoms with Crippen LogP contribution < -0.4 is 4.72 Å². The summed E-state index contributed by atoms with van der Waals surface area (Å²) in [6.45, 7) is 4.34. The number of hydrogen-bond acceptors (Lipinski definition) is 2. The standard InChI is InChI=1S/C11H20N2S/c1-5-10-8-7-9-11(12-10)13-14(3,4)6-2/h7-9H,5-6H2,1-4H3,(H,12,13). The van der Waals surface area contributed by atoms with E-state index in [2.05, 4.69) is 48.2 Å². The molecule has 0 aromatic carbocycles. The highest BCUT2D eigenvalue weighted by molar-refractivity contribution is 8.33. The molecule has 2 nitrogen and oxygen atoms in total. The third-order valence-electron chi connectivity index (χ3n) is 2.27. The monoisotopic (exact) mass is 212 g/mol. The summed E-state index contributed by atoms with van der Waals surface area (Å²) in [5, 5.41) is 0. The summed E-state index contributed by atoms with van der Waals surface area (Å²) in [5.41, 5.74) is 1.15. The quantitative estimate of drug-likeness (QED) is 0.829. The molecule has 1 heterocycles. The molecule has 0 amide bonds. The van der Waals surface area contributed by atoms with Crippen LogP contribution in [-0.4, -0.2) is 23.2 Å². The molecule has 14 heavy (non-hydrogen) atoms. The van der Waals surface area contributed by atoms with Crippen molar-refractivity contribution in [2.75, 3.05) is 23.0 Å². The van der Waals surface area contributed by atoms with Crippen molar-refractivity contribution in [1.29, 1.82) is 0 Å². The van der Waals surface area contributed by atoms with Gasteiger partial charge in [0.2, 0.25) is 0 Å². The Balaban J connectivity index is 2.76. The van der Waals surface area contributed by atoms with Crippen LogP contribution in [0.4, 0.5) is 5.82 Å². The SMILES string of the molecule is CCc1cccc(NS(C)(C)CC)n1. The number of rotatable bonds is 4. The van der Waals surface area contributed by atoms with Crippen molar-refractivity contribution < 1.29 is 0 Å². The Hall–Kier alpha value is -0.700. The smallest absolute Gasteiger partial charge is 0.134 e. The fraction of sp³-hybridized carbons (Fsp3) is 0.545. The van der Waals surface area contributed by atoms with Crippen molar-refractivity contribution in [2.24, 2.45) is 0 Å². The summed E-state index contributed by atoms with van der Waals surface area (Å²) in [5.74, 6) is 2.19. The normalized spacial score (nSPS) is 12.6. The van der Waals surface area contributed by atoms with Crippen LogP contribution in [0.3, 0.4) is 0 Å². The van der Waals surface area contributed by atoms with Gasteiger partial charge in [-0.15, -0.1) is 0 Å². The minimum atomic E-state index is -0.710. The van der Waals surface area contributed by atoms with Crippen LogP contribution in [0, 0.1) is 0 Å². The number of hydrogen-bond donors (Lipinski definition) is 1. The lowest BCUT2D eigenvalue weighted by Gasteiger charge is -2.31. The van der Waals surface area contributed by atoms with Gasteiger partial charge in [0.15, 0.2) is 0 Å². The molecular formula is C11H20N2S. The fourth-order valence-corrected chi connectivity index (χ4v) is 1.91. The number of nitrogens with zero attached hydrogens (tertiary/aromatic N) is 1. The first-order chi connectivity index (χ1) is 6.57. The molecule has 0 unspecified atom stereocenters. The zero-order valence-electron chi connectivity index (χ0n) is 9.50. The van der Waals surface area contributed by atoms with Crippen LogP contribution in [0.25, 0.3) is 0 Å². The van der Waals surface area contributed by atoms with Crippen molar-refractivity contribution >= 4 is 16.0 Å². The minimum Gasteiger partial charge on any atom is -0.333 e. The predicted molar refractivity (Wildman–Crippen MR) is 67.2 cm³/mol. The van der Waals surface area contributed by atoms with Crippen LogP contribution in [-0.2, 0) is 6.42 Å². The zero-order chi connectivity index (χ0) is 10.6. The van der Waals surface area contributed by atoms with Gasteiger partial charge in [0.25, 0.3) is 0 Å². The van der Waals surface area contributed by atoms with Gasteiger partial charge in [0.05, 0.1) is 0 Å². The van der Waals surface area contributed by atoms with Crippen LogP contribution in [0.2, 0.25) is 0 Å². The van der Waals surface area contributed by atoms with Gasteiger partial charge in [-0.1, -0.05) is 19.9 Å². The maximum Gasteiger partial charge on any atom is 0.134 e. The summed E-state index contributed by atoms with van der Waals surface area (Å²) in [4.78, 5) is 4.53. The van der Waals surface area contributed by atoms with E-state index < -0.39 is 10.2 Å². The van der Waals surface area contributed by atoms with E-state index in [-0.39, 0.29) is 0 Å². The number of aryl methyl sites for hydroxylation is 1. The zero-order valence-corrected chi connectivity index (χ0v) is 10.3. The second kappa shape index (κ2) is 4.69. The molecule has 1 aromatic heterocycles. The largest absolute Gasteiger partial charge is 0.333 e. The van der Waals surface area contributed by atoms with Gasteiger partial charge >= 0.3 is 0 Å². The lowest BCUT2D eigenvalue weighted by molar-refractivity contribution is 1.04. The van der Waals surface area contributed by atoms with E-state index in [0.717, 1.165) is 17.9 Å². The Kier molecular flexibility index (Phi) is 3.81. The molecule has 80 valence electrons. The molecule has 0 aliphatic rings. The van der Waals surface area contributed by atoms with Gasteiger partial charge in [-0.25, -0.2) is 4.98 Å². The Labute approximate surface area is 88.6 Å². The highest BCUT2D eigenvalue weighted by atomic mass is 32.3. The van der Waals surface area contributed by atoms with Gasteiger partial charge in [0, 0.05) is 5.69 Å². The maximum absolute atomic E-state index is 4.53. The van der Waals surface area contributed by atoms with Gasteiger partial charge in [-0.05, 0) is 36.8 Å². The van der Waals surface area contributed by atoms with Gasteiger partial charge in [0.1, 0.15) is 5.82 Å². The van der Waals surface area contributed by atoms with Crippen LogP contribution in [0.5, 0.6) is 0 Å². The number of nitrogens with one attached hydrogen (secondary N) is 1. The molecular weight excluding hydrogens is 192 g/mol. The first-order valence-electron chi connectivity index (χ1n) is 5.02. The van der Waals surface area contributed by atoms with Crippen molar-refractivity contribution in [2.45, 2.75) is 20.3 Å². The van der Waals surface area contributed by atoms with E-state index in [0.29, 0.717) is 0 Å². The molecule has 0 spiro atoms. The molecule has 1 rings (SSSR count). The highest BCUT2D eigenvalue weighted by Crippen LogP contribution is 2.38. The Morgan fingerprint density at radius 1 is 1.29 bits per heavy atom. The van der Waals surface area contributed by atoms with Crippen LogP contribution in [0.15, 0.2) is 18.2 Å². The molecule has 0 aliphatic carbocycles. The van der Waals surface area contributed by atoms with E-state index in [1.165, 1.54) is 5.75 Å². The van der Waals surface area contributed by atoms with Crippen LogP contribution >= 0.6 is 10.2 Å². The Bertz CT molecular complexity index is 297. The Morgan fingerprint density at radius 2 is 2.00 bits per heavy atom. The molecule has 0 saturated carbocycles. The summed E-state index contributed by atoms with van der Waals surface area (Å²) >= 11 is 0. The molecule has 0 radical (unpaired) electrons. The van der Waals surface area contributed by atoms with Crippen molar-refractivity contribution in [3.05, 3.63) is 23.9 Å². The molecule has 3 heteroatoms. The molecule has 0 atom stereocenters. The number of aromatic nitrogens is 1. The van der Waals surface area contributed by atoms with Crippen molar-refractivity contribution in [3.63, 3.8) is 0 Å². The topological polar surface area (TPSA) is 24.9 Å². The minimum absolute atomic E-state index is 0.710. The number of anilines is 1. The van der Waals surface area contributed by atoms with E-state index >= 15 is 0 Å². The second-order valence-corrected chi connectivity index (χ2v) is 7.65. The van der Waals surface area contributed by atoms with Crippen molar-refractivity contribution in [1.82, 2.24) is 4.98 Å². The second-order valence-electron chi connectivity index (χ2n) is 3.80. The highest BCUT2D eigenvalue weighted by Gasteiger charge is 2.08. The van der Waals surface area contributed by atoms with Gasteiger partial charge < -0.3 is 4.72 Å². The summed E-state index contributed by atoms with van der Waals surface area (Å²) in [7, 11) is -0.710. The fourth-order valence-electron chi connectivity index (χ4n) is 1.09. The summed E-state index contributed by atoms with van der Waals surface area (Å²) < 4.78 is 3.51. The van der Waals surface area contributed by atoms with Gasteiger partial charge in [-0.2, -0.15) is 10.2 Å². The molecule has 1 N–H and O–H groups in total. The molecule has 0 bridgehead atoms. The van der Waals surface area contributed by atoms with Crippen molar-refractivity contribution in [3.8, 4) is 0 Å². The summed E-state index contributed by atoms with van der Waals surface area (Å²) in [6.07, 6.45) is 5.54. The third kappa shape index (κ3) is 3.22. The number of pyridine rings is 1. The lowest BCUT2D eigenvalue weighted by atomic mass is 10.3. The van der Waals surface area contributed by atoms with E-state index in [1.807, 2.05) is 6.07 Å². The maximum atomic E-state index is 4.53. The predicted octanol–water partition coefficient (Wildman–Crippen LogP) is 3.06. The average molecular weight is 212 g/mol. The molecule has 1 aromatic rings. The van der Waals surface area contributed by atoms with E-state index in [1.54, 1.807) is 0 Å².